The second-order valence-electron chi connectivity index (χ2n) is 13.8. The maximum Gasteiger partial charge on any atom is 0.0707 e. The van der Waals surface area contributed by atoms with Crippen LogP contribution in [0, 0.1) is 0 Å². The molecule has 2 aromatic heterocycles. The Kier molecular flexibility index (Phi) is 6.52. The summed E-state index contributed by atoms with van der Waals surface area (Å²) < 4.78 is 5.08. The monoisotopic (exact) mass is 680 g/mol. The third-order valence-corrected chi connectivity index (χ3v) is 11.9. The van der Waals surface area contributed by atoms with Gasteiger partial charge in [0.15, 0.2) is 0 Å². The Balaban J connectivity index is 1.06. The van der Waals surface area contributed by atoms with E-state index in [2.05, 4.69) is 192 Å². The summed E-state index contributed by atoms with van der Waals surface area (Å²) in [4.78, 5) is 0. The Morgan fingerprint density at radius 1 is 0.481 bits per heavy atom. The molecule has 3 heteroatoms. The molecule has 2 nitrogen and oxygen atoms in total. The van der Waals surface area contributed by atoms with E-state index in [-0.39, 0.29) is 6.04 Å². The Morgan fingerprint density at radius 3 is 1.79 bits per heavy atom. The molecule has 11 rings (SSSR count). The highest BCUT2D eigenvalue weighted by Gasteiger charge is 2.21. The summed E-state index contributed by atoms with van der Waals surface area (Å²) in [5, 5.41) is 14.2. The summed E-state index contributed by atoms with van der Waals surface area (Å²) >= 11 is 1.86. The number of hydrogen-bond acceptors (Lipinski definition) is 2. The van der Waals surface area contributed by atoms with Gasteiger partial charge in [-0.1, -0.05) is 133 Å². The second kappa shape index (κ2) is 11.6. The first-order valence-corrected chi connectivity index (χ1v) is 18.7. The molecule has 0 aliphatic carbocycles. The largest absolute Gasteiger partial charge is 0.374 e. The molecule has 0 radical (unpaired) electrons. The van der Waals surface area contributed by atoms with Gasteiger partial charge >= 0.3 is 0 Å². The molecule has 0 bridgehead atoms. The van der Waals surface area contributed by atoms with Gasteiger partial charge < -0.3 is 9.88 Å². The summed E-state index contributed by atoms with van der Waals surface area (Å²) in [6.45, 7) is 0. The van der Waals surface area contributed by atoms with E-state index in [4.69, 9.17) is 0 Å². The minimum absolute atomic E-state index is 0.0490. The first-order chi connectivity index (χ1) is 25.8. The average molecular weight is 681 g/mol. The number of nitrogens with one attached hydrogen (secondary N) is 1. The summed E-state index contributed by atoms with van der Waals surface area (Å²) in [6.07, 6.45) is 4.69. The molecule has 8 aromatic carbocycles. The Morgan fingerprint density at radius 2 is 1.08 bits per heavy atom. The number of fused-ring (bicyclic) bond motifs is 10. The number of rotatable bonds is 4. The summed E-state index contributed by atoms with van der Waals surface area (Å²) in [6, 6.07) is 62.2. The lowest BCUT2D eigenvalue weighted by atomic mass is 9.93. The Labute approximate surface area is 305 Å². The Hall–Kier alpha value is -6.42. The second-order valence-corrected chi connectivity index (χ2v) is 14.8. The fourth-order valence-corrected chi connectivity index (χ4v) is 9.49. The Bertz CT molecular complexity index is 2990. The highest BCUT2D eigenvalue weighted by molar-refractivity contribution is 7.25. The van der Waals surface area contributed by atoms with Crippen molar-refractivity contribution in [1.29, 1.82) is 0 Å². The van der Waals surface area contributed by atoms with Crippen LogP contribution in [0.3, 0.4) is 0 Å². The SMILES string of the molecule is C1=C(c2ccc(-n3c4ccc5ccccc5c4c4c5ccccc5ccc43)cc2)C=C(c2ccc3c(c2)sc2ccccc23)NC1c1ccccc1. The molecule has 1 aliphatic heterocycles. The quantitative estimate of drug-likeness (QED) is 0.196. The van der Waals surface area contributed by atoms with Gasteiger partial charge in [-0.3, -0.25) is 0 Å². The average Bonchev–Trinajstić information content (AvgIpc) is 3.77. The van der Waals surface area contributed by atoms with Crippen LogP contribution in [0.4, 0.5) is 0 Å². The molecule has 244 valence electrons. The first kappa shape index (κ1) is 29.3. The number of thiophene rings is 1. The summed E-state index contributed by atoms with van der Waals surface area (Å²) in [7, 11) is 0. The molecule has 0 spiro atoms. The number of benzene rings is 8. The normalized spacial score (nSPS) is 14.7. The molecular formula is C49H32N2S. The van der Waals surface area contributed by atoms with Gasteiger partial charge in [0, 0.05) is 42.3 Å². The first-order valence-electron chi connectivity index (χ1n) is 17.9. The molecule has 0 saturated carbocycles. The third kappa shape index (κ3) is 4.56. The van der Waals surface area contributed by atoms with Gasteiger partial charge in [-0.15, -0.1) is 11.3 Å². The van der Waals surface area contributed by atoms with Crippen molar-refractivity contribution in [3.8, 4) is 5.69 Å². The molecule has 10 aromatic rings. The van der Waals surface area contributed by atoms with Crippen LogP contribution in [-0.4, -0.2) is 4.57 Å². The van der Waals surface area contributed by atoms with Crippen molar-refractivity contribution in [2.45, 2.75) is 6.04 Å². The standard InChI is InChI=1S/C49H32N2S/c1-2-12-34(13-3-1)42-28-36(29-43(50-42)35-20-25-41-40-16-8-9-17-46(40)52-47(41)30-35)31-18-23-37(24-19-31)51-44-26-21-32-10-4-6-14-38(32)48(44)49-39-15-7-5-11-33(39)22-27-45(49)51/h1-30,42,50H. The fourth-order valence-electron chi connectivity index (χ4n) is 8.34. The van der Waals surface area contributed by atoms with Gasteiger partial charge in [0.25, 0.3) is 0 Å². The van der Waals surface area contributed by atoms with E-state index in [1.807, 2.05) is 11.3 Å². The van der Waals surface area contributed by atoms with E-state index in [1.165, 1.54) is 85.8 Å². The maximum atomic E-state index is 3.87. The van der Waals surface area contributed by atoms with Crippen LogP contribution in [0.1, 0.15) is 22.7 Å². The number of hydrogen-bond donors (Lipinski definition) is 1. The van der Waals surface area contributed by atoms with E-state index in [9.17, 15) is 0 Å². The highest BCUT2D eigenvalue weighted by atomic mass is 32.1. The van der Waals surface area contributed by atoms with E-state index >= 15 is 0 Å². The van der Waals surface area contributed by atoms with E-state index in [0.717, 1.165) is 11.4 Å². The minimum atomic E-state index is 0.0490. The lowest BCUT2D eigenvalue weighted by molar-refractivity contribution is 0.767. The summed E-state index contributed by atoms with van der Waals surface area (Å²) in [5.74, 6) is 0. The zero-order valence-electron chi connectivity index (χ0n) is 28.3. The highest BCUT2D eigenvalue weighted by Crippen LogP contribution is 2.41. The predicted molar refractivity (Wildman–Crippen MR) is 223 cm³/mol. The molecule has 0 amide bonds. The lowest BCUT2D eigenvalue weighted by Gasteiger charge is -2.26. The van der Waals surface area contributed by atoms with Crippen molar-refractivity contribution < 1.29 is 0 Å². The lowest BCUT2D eigenvalue weighted by Crippen LogP contribution is -2.21. The van der Waals surface area contributed by atoms with Crippen LogP contribution < -0.4 is 5.32 Å². The van der Waals surface area contributed by atoms with Crippen LogP contribution in [0.5, 0.6) is 0 Å². The van der Waals surface area contributed by atoms with Crippen LogP contribution in [-0.2, 0) is 0 Å². The molecule has 0 saturated heterocycles. The van der Waals surface area contributed by atoms with E-state index in [1.54, 1.807) is 0 Å². The minimum Gasteiger partial charge on any atom is -0.374 e. The smallest absolute Gasteiger partial charge is 0.0707 e. The molecule has 1 N–H and O–H groups in total. The van der Waals surface area contributed by atoms with Crippen molar-refractivity contribution in [3.05, 3.63) is 199 Å². The van der Waals surface area contributed by atoms with Gasteiger partial charge in [-0.25, -0.2) is 0 Å². The van der Waals surface area contributed by atoms with Crippen molar-refractivity contribution in [2.75, 3.05) is 0 Å². The van der Waals surface area contributed by atoms with Gasteiger partial charge in [0.1, 0.15) is 0 Å². The molecule has 1 aliphatic rings. The molecule has 1 atom stereocenters. The van der Waals surface area contributed by atoms with Crippen LogP contribution in [0.25, 0.3) is 80.5 Å². The number of allylic oxidation sites excluding steroid dienone is 2. The molecule has 52 heavy (non-hydrogen) atoms. The molecule has 3 heterocycles. The van der Waals surface area contributed by atoms with Gasteiger partial charge in [-0.05, 0) is 92.4 Å². The zero-order valence-corrected chi connectivity index (χ0v) is 29.1. The van der Waals surface area contributed by atoms with Gasteiger partial charge in [-0.2, -0.15) is 0 Å². The van der Waals surface area contributed by atoms with E-state index < -0.39 is 0 Å². The van der Waals surface area contributed by atoms with E-state index in [0.29, 0.717) is 0 Å². The van der Waals surface area contributed by atoms with Gasteiger partial charge in [0.05, 0.1) is 17.1 Å². The number of nitrogens with zero attached hydrogens (tertiary/aromatic N) is 1. The molecule has 0 fully saturated rings. The van der Waals surface area contributed by atoms with Crippen molar-refractivity contribution in [1.82, 2.24) is 9.88 Å². The topological polar surface area (TPSA) is 17.0 Å². The van der Waals surface area contributed by atoms with Crippen LogP contribution >= 0.6 is 11.3 Å². The maximum absolute atomic E-state index is 3.87. The van der Waals surface area contributed by atoms with Crippen molar-refractivity contribution in [2.24, 2.45) is 0 Å². The molecular weight excluding hydrogens is 649 g/mol. The van der Waals surface area contributed by atoms with Crippen LogP contribution in [0.2, 0.25) is 0 Å². The summed E-state index contributed by atoms with van der Waals surface area (Å²) in [5.41, 5.74) is 9.59. The fraction of sp³-hybridized carbons (Fsp3) is 0.0204. The predicted octanol–water partition coefficient (Wildman–Crippen LogP) is 13.2. The number of aromatic nitrogens is 1. The van der Waals surface area contributed by atoms with Crippen molar-refractivity contribution >= 4 is 86.1 Å². The van der Waals surface area contributed by atoms with Crippen molar-refractivity contribution in [3.63, 3.8) is 0 Å². The van der Waals surface area contributed by atoms with Gasteiger partial charge in [0.2, 0.25) is 0 Å². The number of dihydropyridines is 1. The molecule has 1 unspecified atom stereocenters. The zero-order chi connectivity index (χ0) is 34.2. The van der Waals surface area contributed by atoms with Crippen LogP contribution in [0.15, 0.2) is 182 Å². The third-order valence-electron chi connectivity index (χ3n) is 10.8.